The number of likely N-dealkylation sites (tertiary alicyclic amines) is 1. The second-order valence-corrected chi connectivity index (χ2v) is 10.0. The molecule has 3 N–H and O–H groups in total. The Balaban J connectivity index is 1.58. The number of carbonyl (C=O) groups is 2. The molecule has 0 aliphatic carbocycles. The zero-order valence-electron chi connectivity index (χ0n) is 20.4. The first-order valence-corrected chi connectivity index (χ1v) is 12.3. The first-order valence-electron chi connectivity index (χ1n) is 12.0. The van der Waals surface area contributed by atoms with Crippen LogP contribution in [0.1, 0.15) is 49.9 Å². The summed E-state index contributed by atoms with van der Waals surface area (Å²) < 4.78 is 67.9. The van der Waals surface area contributed by atoms with Crippen molar-refractivity contribution in [3.63, 3.8) is 0 Å². The van der Waals surface area contributed by atoms with E-state index in [-0.39, 0.29) is 33.4 Å². The summed E-state index contributed by atoms with van der Waals surface area (Å²) in [5.41, 5.74) is -0.676. The van der Waals surface area contributed by atoms with Gasteiger partial charge in [-0.05, 0) is 68.5 Å². The number of amides is 2. The number of alkyl halides is 3. The number of carbonyl (C=O) groups excluding carboxylic acids is 2. The van der Waals surface area contributed by atoms with Gasteiger partial charge in [-0.15, -0.1) is 0 Å². The van der Waals surface area contributed by atoms with Gasteiger partial charge in [-0.1, -0.05) is 11.6 Å². The molecule has 5 rings (SSSR count). The summed E-state index contributed by atoms with van der Waals surface area (Å²) in [4.78, 5) is 28.3. The van der Waals surface area contributed by atoms with Crippen molar-refractivity contribution in [2.24, 2.45) is 0 Å². The Kier molecular flexibility index (Phi) is 6.98. The minimum atomic E-state index is -4.87. The molecule has 2 aliphatic rings. The van der Waals surface area contributed by atoms with Gasteiger partial charge in [0, 0.05) is 51.2 Å². The van der Waals surface area contributed by atoms with E-state index >= 15 is 0 Å². The van der Waals surface area contributed by atoms with Crippen molar-refractivity contribution in [1.82, 2.24) is 10.2 Å². The Labute approximate surface area is 225 Å². The molecule has 2 amide bonds. The Morgan fingerprint density at radius 2 is 1.85 bits per heavy atom. The van der Waals surface area contributed by atoms with E-state index in [9.17, 15) is 31.5 Å². The number of fused-ring (bicyclic) bond motifs is 1. The fourth-order valence-electron chi connectivity index (χ4n) is 4.96. The smallest absolute Gasteiger partial charge is 0.381 e. The molecule has 0 spiro atoms. The molecule has 39 heavy (non-hydrogen) atoms. The van der Waals surface area contributed by atoms with Crippen LogP contribution >= 0.6 is 11.6 Å². The number of nitrogens with zero attached hydrogens (tertiary/aromatic N) is 1. The van der Waals surface area contributed by atoms with Gasteiger partial charge in [0.15, 0.2) is 0 Å². The van der Waals surface area contributed by atoms with E-state index in [0.29, 0.717) is 23.9 Å². The van der Waals surface area contributed by atoms with Crippen LogP contribution in [-0.2, 0) is 6.18 Å². The SMILES string of the molecule is CN1CC[C@H](Nc2cc(NC(=O)c3cc(F)cc(C(F)(F)F)c3)c3c(c2)C(=O)NC3c2cc(F)ccc2Cl)C1. The van der Waals surface area contributed by atoms with Crippen molar-refractivity contribution in [3.8, 4) is 0 Å². The summed E-state index contributed by atoms with van der Waals surface area (Å²) in [5, 5.41) is 8.75. The summed E-state index contributed by atoms with van der Waals surface area (Å²) in [7, 11) is 1.96. The van der Waals surface area contributed by atoms with E-state index in [1.807, 2.05) is 7.05 Å². The molecule has 0 saturated carbocycles. The van der Waals surface area contributed by atoms with Crippen LogP contribution in [0, 0.1) is 11.6 Å². The molecule has 1 saturated heterocycles. The molecule has 3 aromatic rings. The molecule has 204 valence electrons. The molecule has 3 aromatic carbocycles. The quantitative estimate of drug-likeness (QED) is 0.341. The fourth-order valence-corrected chi connectivity index (χ4v) is 5.18. The van der Waals surface area contributed by atoms with Crippen molar-refractivity contribution < 1.29 is 31.5 Å². The predicted molar refractivity (Wildman–Crippen MR) is 136 cm³/mol. The van der Waals surface area contributed by atoms with Crippen LogP contribution in [-0.4, -0.2) is 42.9 Å². The third kappa shape index (κ3) is 5.55. The van der Waals surface area contributed by atoms with Gasteiger partial charge in [0.1, 0.15) is 11.6 Å². The molecule has 1 fully saturated rings. The lowest BCUT2D eigenvalue weighted by Gasteiger charge is -2.20. The van der Waals surface area contributed by atoms with Gasteiger partial charge in [0.05, 0.1) is 11.6 Å². The third-order valence-electron chi connectivity index (χ3n) is 6.76. The van der Waals surface area contributed by atoms with Crippen LogP contribution in [0.15, 0.2) is 48.5 Å². The molecule has 2 heterocycles. The van der Waals surface area contributed by atoms with E-state index in [1.165, 1.54) is 6.07 Å². The van der Waals surface area contributed by atoms with Crippen molar-refractivity contribution >= 4 is 34.8 Å². The first kappa shape index (κ1) is 26.9. The standard InChI is InChI=1S/C27H22ClF5N4O2/c1-37-5-4-17(12-37)34-18-10-20-23(24(36-26(20)39)19-9-15(29)2-3-21(19)28)22(11-18)35-25(38)13-6-14(27(31,32)33)8-16(30)7-13/h2-3,6-11,17,24,34H,4-5,12H2,1H3,(H,35,38)(H,36,39)/t17-,24?/m0/s1. The average molecular weight is 565 g/mol. The Bertz CT molecular complexity index is 1480. The molecule has 0 bridgehead atoms. The number of anilines is 2. The van der Waals surface area contributed by atoms with E-state index in [1.54, 1.807) is 12.1 Å². The zero-order valence-corrected chi connectivity index (χ0v) is 21.2. The molecular weight excluding hydrogens is 543 g/mol. The molecule has 12 heteroatoms. The maximum absolute atomic E-state index is 14.1. The largest absolute Gasteiger partial charge is 0.416 e. The molecule has 0 radical (unpaired) electrons. The van der Waals surface area contributed by atoms with Crippen LogP contribution in [0.3, 0.4) is 0 Å². The van der Waals surface area contributed by atoms with Crippen molar-refractivity contribution in [3.05, 3.63) is 93.0 Å². The van der Waals surface area contributed by atoms with E-state index in [2.05, 4.69) is 20.9 Å². The number of rotatable bonds is 5. The second-order valence-electron chi connectivity index (χ2n) is 9.63. The summed E-state index contributed by atoms with van der Waals surface area (Å²) in [6.45, 7) is 1.59. The molecule has 2 aliphatic heterocycles. The number of benzene rings is 3. The highest BCUT2D eigenvalue weighted by Gasteiger charge is 2.36. The summed E-state index contributed by atoms with van der Waals surface area (Å²) in [5.74, 6) is -3.38. The number of halogens is 6. The molecule has 1 unspecified atom stereocenters. The van der Waals surface area contributed by atoms with Gasteiger partial charge in [-0.2, -0.15) is 13.2 Å². The number of hydrogen-bond donors (Lipinski definition) is 3. The minimum Gasteiger partial charge on any atom is -0.381 e. The van der Waals surface area contributed by atoms with Crippen LogP contribution in [0.25, 0.3) is 0 Å². The van der Waals surface area contributed by atoms with Gasteiger partial charge in [0.2, 0.25) is 0 Å². The lowest BCUT2D eigenvalue weighted by Crippen LogP contribution is -2.24. The average Bonchev–Trinajstić information content (AvgIpc) is 3.42. The van der Waals surface area contributed by atoms with Crippen molar-refractivity contribution in [2.45, 2.75) is 24.7 Å². The monoisotopic (exact) mass is 564 g/mol. The number of nitrogens with one attached hydrogen (secondary N) is 3. The number of likely N-dealkylation sites (N-methyl/N-ethyl adjacent to an activating group) is 1. The lowest BCUT2D eigenvalue weighted by molar-refractivity contribution is -0.137. The minimum absolute atomic E-state index is 0.0482. The second kappa shape index (κ2) is 10.1. The van der Waals surface area contributed by atoms with E-state index in [0.717, 1.165) is 31.6 Å². The highest BCUT2D eigenvalue weighted by atomic mass is 35.5. The van der Waals surface area contributed by atoms with Gasteiger partial charge >= 0.3 is 6.18 Å². The van der Waals surface area contributed by atoms with Crippen LogP contribution in [0.5, 0.6) is 0 Å². The molecule has 6 nitrogen and oxygen atoms in total. The fraction of sp³-hybridized carbons (Fsp3) is 0.259. The Morgan fingerprint density at radius 1 is 1.08 bits per heavy atom. The molecule has 0 aromatic heterocycles. The summed E-state index contributed by atoms with van der Waals surface area (Å²) in [6.07, 6.45) is -4.04. The predicted octanol–water partition coefficient (Wildman–Crippen LogP) is 5.84. The van der Waals surface area contributed by atoms with E-state index in [4.69, 9.17) is 11.6 Å². The van der Waals surface area contributed by atoms with Crippen LogP contribution < -0.4 is 16.0 Å². The van der Waals surface area contributed by atoms with Crippen LogP contribution in [0.2, 0.25) is 5.02 Å². The Morgan fingerprint density at radius 3 is 2.54 bits per heavy atom. The van der Waals surface area contributed by atoms with Gasteiger partial charge in [-0.25, -0.2) is 8.78 Å². The summed E-state index contributed by atoms with van der Waals surface area (Å²) in [6, 6.07) is 7.37. The highest BCUT2D eigenvalue weighted by molar-refractivity contribution is 6.31. The zero-order chi connectivity index (χ0) is 28.1. The van der Waals surface area contributed by atoms with Crippen molar-refractivity contribution in [1.29, 1.82) is 0 Å². The molecular formula is C27H22ClF5N4O2. The van der Waals surface area contributed by atoms with Crippen LogP contribution in [0.4, 0.5) is 33.3 Å². The number of hydrogen-bond acceptors (Lipinski definition) is 4. The molecule has 2 atom stereocenters. The van der Waals surface area contributed by atoms with E-state index < -0.39 is 46.8 Å². The Hall–Kier alpha value is -3.70. The lowest BCUT2D eigenvalue weighted by atomic mass is 9.95. The maximum Gasteiger partial charge on any atom is 0.416 e. The van der Waals surface area contributed by atoms with Gasteiger partial charge in [0.25, 0.3) is 11.8 Å². The first-order chi connectivity index (χ1) is 18.4. The summed E-state index contributed by atoms with van der Waals surface area (Å²) >= 11 is 6.31. The normalized spacial score (nSPS) is 19.1. The third-order valence-corrected chi connectivity index (χ3v) is 7.10. The maximum atomic E-state index is 14.1. The van der Waals surface area contributed by atoms with Gasteiger partial charge < -0.3 is 20.9 Å². The highest BCUT2D eigenvalue weighted by Crippen LogP contribution is 2.41. The van der Waals surface area contributed by atoms with Gasteiger partial charge in [-0.3, -0.25) is 9.59 Å². The topological polar surface area (TPSA) is 73.5 Å². The van der Waals surface area contributed by atoms with Crippen molar-refractivity contribution in [2.75, 3.05) is 30.8 Å².